The minimum absolute atomic E-state index is 0.129. The average molecular weight is 564 g/mol. The van der Waals surface area contributed by atoms with Crippen molar-refractivity contribution in [3.05, 3.63) is 58.9 Å². The number of piperidine rings is 1. The fourth-order valence-electron chi connectivity index (χ4n) is 7.50. The number of fused-ring (bicyclic) bond motifs is 3. The van der Waals surface area contributed by atoms with Crippen LogP contribution >= 0.6 is 0 Å². The number of nitrogens with zero attached hydrogens (tertiary/aromatic N) is 1. The van der Waals surface area contributed by atoms with E-state index >= 15 is 0 Å². The zero-order valence-electron chi connectivity index (χ0n) is 25.7. The second-order valence-electron chi connectivity index (χ2n) is 13.8. The Balaban J connectivity index is 1.34. The van der Waals surface area contributed by atoms with Gasteiger partial charge in [0.1, 0.15) is 17.3 Å². The van der Waals surface area contributed by atoms with Gasteiger partial charge in [0, 0.05) is 17.9 Å². The minimum Gasteiger partial charge on any atom is -0.490 e. The van der Waals surface area contributed by atoms with Crippen molar-refractivity contribution < 1.29 is 18.7 Å². The second kappa shape index (κ2) is 13.3. The third kappa shape index (κ3) is 7.52. The Bertz CT molecular complexity index is 1190. The van der Waals surface area contributed by atoms with Crippen LogP contribution in [0.4, 0.5) is 4.39 Å². The number of carbonyl (C=O) groups is 1. The number of aryl methyl sites for hydroxylation is 1. The second-order valence-corrected chi connectivity index (χ2v) is 13.8. The zero-order valence-corrected chi connectivity index (χ0v) is 25.7. The van der Waals surface area contributed by atoms with Crippen molar-refractivity contribution in [2.75, 3.05) is 19.6 Å². The Morgan fingerprint density at radius 3 is 2.71 bits per heavy atom. The zero-order chi connectivity index (χ0) is 29.0. The van der Waals surface area contributed by atoms with E-state index in [-0.39, 0.29) is 29.2 Å². The molecule has 0 radical (unpaired) electrons. The van der Waals surface area contributed by atoms with Gasteiger partial charge in [-0.15, -0.1) is 0 Å². The van der Waals surface area contributed by atoms with E-state index in [1.165, 1.54) is 31.7 Å². The standard InChI is InChI=1S/C36H50FNO3/c1-25(12-10-14-27-13-6-7-15-31(27)37)28-22-32-35(30-24-36(3,4)18-17-29(30)26(2)40-32)33(23-28)41-34(39)16-11-21-38-19-8-5-9-20-38/h6-7,13,15,22-23,25-26,29-30H,5,8-12,14,16-21,24H2,1-4H3. The molecule has 4 atom stereocenters. The predicted octanol–water partition coefficient (Wildman–Crippen LogP) is 8.81. The lowest BCUT2D eigenvalue weighted by Gasteiger charge is -2.47. The van der Waals surface area contributed by atoms with Crippen LogP contribution in [0.3, 0.4) is 0 Å². The first-order valence-corrected chi connectivity index (χ1v) is 16.2. The number of likely N-dealkylation sites (tertiary alicyclic amines) is 1. The first-order valence-electron chi connectivity index (χ1n) is 16.2. The van der Waals surface area contributed by atoms with Gasteiger partial charge in [-0.2, -0.15) is 0 Å². The highest BCUT2D eigenvalue weighted by Crippen LogP contribution is 2.56. The van der Waals surface area contributed by atoms with Crippen molar-refractivity contribution in [2.24, 2.45) is 11.3 Å². The summed E-state index contributed by atoms with van der Waals surface area (Å²) in [4.78, 5) is 15.7. The molecule has 41 heavy (non-hydrogen) atoms. The van der Waals surface area contributed by atoms with Crippen LogP contribution in [0.2, 0.25) is 0 Å². The molecule has 1 saturated carbocycles. The molecule has 2 aromatic rings. The van der Waals surface area contributed by atoms with Gasteiger partial charge in [0.05, 0.1) is 6.10 Å². The van der Waals surface area contributed by atoms with Crippen molar-refractivity contribution in [1.29, 1.82) is 0 Å². The van der Waals surface area contributed by atoms with E-state index in [2.05, 4.69) is 44.7 Å². The maximum absolute atomic E-state index is 14.2. The Labute approximate surface area is 247 Å². The fraction of sp³-hybridized carbons (Fsp3) is 0.639. The van der Waals surface area contributed by atoms with Crippen LogP contribution in [0.15, 0.2) is 36.4 Å². The van der Waals surface area contributed by atoms with Crippen LogP contribution in [-0.2, 0) is 11.2 Å². The van der Waals surface area contributed by atoms with Gasteiger partial charge in [0.15, 0.2) is 0 Å². The number of rotatable bonds is 10. The smallest absolute Gasteiger partial charge is 0.311 e. The fourth-order valence-corrected chi connectivity index (χ4v) is 7.50. The molecule has 0 spiro atoms. The Hall–Kier alpha value is -2.40. The summed E-state index contributed by atoms with van der Waals surface area (Å²) < 4.78 is 27.0. The van der Waals surface area contributed by atoms with Gasteiger partial charge in [0.25, 0.3) is 0 Å². The molecular formula is C36H50FNO3. The summed E-state index contributed by atoms with van der Waals surface area (Å²) in [6.45, 7) is 12.4. The van der Waals surface area contributed by atoms with E-state index in [1.807, 2.05) is 12.1 Å². The van der Waals surface area contributed by atoms with Gasteiger partial charge in [-0.05, 0) is 131 Å². The molecule has 1 saturated heterocycles. The number of benzene rings is 2. The van der Waals surface area contributed by atoms with Gasteiger partial charge in [-0.25, -0.2) is 4.39 Å². The highest BCUT2D eigenvalue weighted by atomic mass is 19.1. The number of esters is 1. The van der Waals surface area contributed by atoms with Crippen molar-refractivity contribution >= 4 is 5.97 Å². The lowest BCUT2D eigenvalue weighted by atomic mass is 9.62. The lowest BCUT2D eigenvalue weighted by Crippen LogP contribution is -2.40. The molecule has 0 N–H and O–H groups in total. The first-order chi connectivity index (χ1) is 19.7. The van der Waals surface area contributed by atoms with Crippen LogP contribution < -0.4 is 9.47 Å². The first kappa shape index (κ1) is 30.1. The molecule has 2 heterocycles. The molecule has 0 bridgehead atoms. The predicted molar refractivity (Wildman–Crippen MR) is 163 cm³/mol. The summed E-state index contributed by atoms with van der Waals surface area (Å²) in [7, 11) is 0. The molecule has 0 amide bonds. The number of halogens is 1. The maximum Gasteiger partial charge on any atom is 0.311 e. The quantitative estimate of drug-likeness (QED) is 0.214. The molecule has 4 unspecified atom stereocenters. The van der Waals surface area contributed by atoms with Gasteiger partial charge in [-0.3, -0.25) is 4.79 Å². The van der Waals surface area contributed by atoms with Gasteiger partial charge >= 0.3 is 5.97 Å². The monoisotopic (exact) mass is 563 g/mol. The van der Waals surface area contributed by atoms with E-state index in [4.69, 9.17) is 9.47 Å². The Morgan fingerprint density at radius 2 is 1.93 bits per heavy atom. The summed E-state index contributed by atoms with van der Waals surface area (Å²) in [5.41, 5.74) is 3.26. The van der Waals surface area contributed by atoms with Crippen LogP contribution in [0.1, 0.15) is 120 Å². The molecule has 2 aromatic carbocycles. The lowest BCUT2D eigenvalue weighted by molar-refractivity contribution is -0.134. The van der Waals surface area contributed by atoms with Crippen molar-refractivity contribution in [3.8, 4) is 11.5 Å². The van der Waals surface area contributed by atoms with Gasteiger partial charge in [-0.1, -0.05) is 45.4 Å². The van der Waals surface area contributed by atoms with Crippen molar-refractivity contribution in [2.45, 2.75) is 116 Å². The van der Waals surface area contributed by atoms with Crippen molar-refractivity contribution in [1.82, 2.24) is 4.90 Å². The minimum atomic E-state index is -0.140. The average Bonchev–Trinajstić information content (AvgIpc) is 2.93. The summed E-state index contributed by atoms with van der Waals surface area (Å²) >= 11 is 0. The number of hydrogen-bond donors (Lipinski definition) is 0. The molecular weight excluding hydrogens is 513 g/mol. The van der Waals surface area contributed by atoms with E-state index in [1.54, 1.807) is 6.07 Å². The van der Waals surface area contributed by atoms with E-state index < -0.39 is 0 Å². The Morgan fingerprint density at radius 1 is 1.15 bits per heavy atom. The topological polar surface area (TPSA) is 38.8 Å². The van der Waals surface area contributed by atoms with Crippen LogP contribution in [-0.4, -0.2) is 36.6 Å². The molecule has 1 aliphatic carbocycles. The van der Waals surface area contributed by atoms with E-state index in [0.717, 1.165) is 74.2 Å². The van der Waals surface area contributed by atoms with Crippen LogP contribution in [0.5, 0.6) is 11.5 Å². The molecule has 5 heteroatoms. The molecule has 3 aliphatic rings. The van der Waals surface area contributed by atoms with E-state index in [0.29, 0.717) is 30.4 Å². The van der Waals surface area contributed by atoms with Gasteiger partial charge in [0.2, 0.25) is 0 Å². The largest absolute Gasteiger partial charge is 0.490 e. The van der Waals surface area contributed by atoms with Gasteiger partial charge < -0.3 is 14.4 Å². The molecule has 0 aromatic heterocycles. The third-order valence-electron chi connectivity index (χ3n) is 9.99. The molecule has 5 rings (SSSR count). The summed E-state index contributed by atoms with van der Waals surface area (Å²) in [6, 6.07) is 11.4. The van der Waals surface area contributed by atoms with Crippen LogP contribution in [0.25, 0.3) is 0 Å². The molecule has 4 nitrogen and oxygen atoms in total. The SMILES string of the molecule is CC(CCCc1ccccc1F)c1cc(OC(=O)CCCN2CCCCC2)c2c(c1)OC(C)C1CCC(C)(C)CC21. The highest BCUT2D eigenvalue weighted by molar-refractivity contribution is 5.73. The molecule has 2 aliphatic heterocycles. The molecule has 224 valence electrons. The number of carbonyl (C=O) groups excluding carboxylic acids is 1. The summed E-state index contributed by atoms with van der Waals surface area (Å²) in [6.07, 6.45) is 11.2. The van der Waals surface area contributed by atoms with E-state index in [9.17, 15) is 9.18 Å². The normalized spacial score (nSPS) is 24.6. The van der Waals surface area contributed by atoms with Crippen molar-refractivity contribution in [3.63, 3.8) is 0 Å². The summed E-state index contributed by atoms with van der Waals surface area (Å²) in [5, 5.41) is 0. The Kier molecular flexibility index (Phi) is 9.74. The molecule has 2 fully saturated rings. The van der Waals surface area contributed by atoms with Crippen LogP contribution in [0, 0.1) is 17.2 Å². The number of hydrogen-bond acceptors (Lipinski definition) is 4. The number of ether oxygens (including phenoxy) is 2. The summed E-state index contributed by atoms with van der Waals surface area (Å²) in [5.74, 6) is 2.35. The maximum atomic E-state index is 14.2. The third-order valence-corrected chi connectivity index (χ3v) is 9.99. The highest BCUT2D eigenvalue weighted by Gasteiger charge is 2.44.